The van der Waals surface area contributed by atoms with E-state index in [9.17, 15) is 4.79 Å². The molecule has 0 aliphatic heterocycles. The number of allylic oxidation sites excluding steroid dienone is 1. The van der Waals surface area contributed by atoms with Crippen LogP contribution in [0.5, 0.6) is 11.5 Å². The summed E-state index contributed by atoms with van der Waals surface area (Å²) in [5.41, 5.74) is 3.64. The predicted molar refractivity (Wildman–Crippen MR) is 120 cm³/mol. The topological polar surface area (TPSA) is 66.2 Å². The summed E-state index contributed by atoms with van der Waals surface area (Å²) in [6.07, 6.45) is 8.36. The molecule has 0 N–H and O–H groups in total. The second-order valence-electron chi connectivity index (χ2n) is 6.72. The maximum absolute atomic E-state index is 12.6. The van der Waals surface area contributed by atoms with Crippen molar-refractivity contribution < 1.29 is 14.3 Å². The van der Waals surface area contributed by atoms with Crippen LogP contribution in [0.15, 0.2) is 85.3 Å². The van der Waals surface area contributed by atoms with E-state index in [0.29, 0.717) is 22.8 Å². The Morgan fingerprint density at radius 1 is 1.00 bits per heavy atom. The monoisotopic (exact) mass is 411 g/mol. The molecule has 0 radical (unpaired) electrons. The van der Waals surface area contributed by atoms with Gasteiger partial charge >= 0.3 is 0 Å². The van der Waals surface area contributed by atoms with Crippen LogP contribution in [0.4, 0.5) is 0 Å². The van der Waals surface area contributed by atoms with Gasteiger partial charge in [0.1, 0.15) is 17.2 Å². The minimum absolute atomic E-state index is 0.135. The number of aromatic nitrogens is 3. The number of benzene rings is 2. The molecular formula is C25H21N3O3. The molecule has 4 rings (SSSR count). The van der Waals surface area contributed by atoms with Crippen LogP contribution < -0.4 is 9.47 Å². The number of hydrogen-bond acceptors (Lipinski definition) is 5. The van der Waals surface area contributed by atoms with Crippen LogP contribution in [0.1, 0.15) is 15.9 Å². The Hall–Kier alpha value is -4.19. The van der Waals surface area contributed by atoms with Crippen LogP contribution in [-0.2, 0) is 0 Å². The van der Waals surface area contributed by atoms with Gasteiger partial charge in [-0.2, -0.15) is 5.10 Å². The van der Waals surface area contributed by atoms with Gasteiger partial charge in [0.25, 0.3) is 0 Å². The summed E-state index contributed by atoms with van der Waals surface area (Å²) in [6.45, 7) is 0. The molecule has 6 heteroatoms. The van der Waals surface area contributed by atoms with Crippen molar-refractivity contribution in [3.8, 4) is 28.4 Å². The van der Waals surface area contributed by atoms with Crippen molar-refractivity contribution in [2.24, 2.45) is 0 Å². The summed E-state index contributed by atoms with van der Waals surface area (Å²) in [6, 6.07) is 18.8. The molecule has 4 aromatic rings. The summed E-state index contributed by atoms with van der Waals surface area (Å²) < 4.78 is 12.7. The van der Waals surface area contributed by atoms with E-state index in [-0.39, 0.29) is 5.78 Å². The number of nitrogens with zero attached hydrogens (tertiary/aromatic N) is 3. The van der Waals surface area contributed by atoms with E-state index in [1.807, 2.05) is 54.7 Å². The number of rotatable bonds is 7. The molecule has 2 heterocycles. The van der Waals surface area contributed by atoms with E-state index in [1.54, 1.807) is 49.5 Å². The van der Waals surface area contributed by atoms with E-state index in [4.69, 9.17) is 14.6 Å². The van der Waals surface area contributed by atoms with Gasteiger partial charge in [0.2, 0.25) is 0 Å². The summed E-state index contributed by atoms with van der Waals surface area (Å²) in [4.78, 5) is 16.6. The fourth-order valence-electron chi connectivity index (χ4n) is 3.20. The van der Waals surface area contributed by atoms with Crippen LogP contribution in [0, 0.1) is 0 Å². The lowest BCUT2D eigenvalue weighted by Crippen LogP contribution is -1.95. The molecule has 0 bridgehead atoms. The quantitative estimate of drug-likeness (QED) is 0.321. The number of ketones is 1. The Bertz CT molecular complexity index is 1220. The molecule has 0 fully saturated rings. The normalized spacial score (nSPS) is 10.9. The van der Waals surface area contributed by atoms with Gasteiger partial charge in [-0.25, -0.2) is 4.68 Å². The molecule has 0 saturated carbocycles. The zero-order valence-electron chi connectivity index (χ0n) is 17.2. The maximum atomic E-state index is 12.6. The van der Waals surface area contributed by atoms with Crippen LogP contribution in [0.25, 0.3) is 23.0 Å². The zero-order valence-corrected chi connectivity index (χ0v) is 17.2. The highest BCUT2D eigenvalue weighted by Crippen LogP contribution is 2.35. The van der Waals surface area contributed by atoms with Crippen molar-refractivity contribution in [3.63, 3.8) is 0 Å². The van der Waals surface area contributed by atoms with Crippen LogP contribution in [-0.4, -0.2) is 34.8 Å². The third kappa shape index (κ3) is 4.38. The summed E-state index contributed by atoms with van der Waals surface area (Å²) >= 11 is 0. The van der Waals surface area contributed by atoms with Crippen LogP contribution >= 0.6 is 0 Å². The van der Waals surface area contributed by atoms with Gasteiger partial charge in [0.15, 0.2) is 5.78 Å². The molecule has 31 heavy (non-hydrogen) atoms. The first-order chi connectivity index (χ1) is 15.2. The van der Waals surface area contributed by atoms with Crippen molar-refractivity contribution in [3.05, 3.63) is 96.5 Å². The summed E-state index contributed by atoms with van der Waals surface area (Å²) in [5, 5.41) is 4.79. The second kappa shape index (κ2) is 9.09. The van der Waals surface area contributed by atoms with Crippen molar-refractivity contribution in [2.75, 3.05) is 14.2 Å². The molecule has 0 spiro atoms. The number of hydrogen-bond donors (Lipinski definition) is 0. The fourth-order valence-corrected chi connectivity index (χ4v) is 3.20. The number of ether oxygens (including phenoxy) is 2. The van der Waals surface area contributed by atoms with E-state index < -0.39 is 0 Å². The van der Waals surface area contributed by atoms with Gasteiger partial charge in [0, 0.05) is 35.3 Å². The van der Waals surface area contributed by atoms with Gasteiger partial charge in [-0.1, -0.05) is 18.2 Å². The number of para-hydroxylation sites is 1. The van der Waals surface area contributed by atoms with E-state index >= 15 is 0 Å². The number of carbonyl (C=O) groups is 1. The molecule has 0 aliphatic carbocycles. The highest BCUT2D eigenvalue weighted by atomic mass is 16.5. The third-order valence-electron chi connectivity index (χ3n) is 4.79. The number of carbonyl (C=O) groups excluding carboxylic acids is 1. The summed E-state index contributed by atoms with van der Waals surface area (Å²) in [7, 11) is 3.22. The minimum atomic E-state index is -0.135. The first-order valence-electron chi connectivity index (χ1n) is 9.69. The highest BCUT2D eigenvalue weighted by Gasteiger charge is 2.16. The van der Waals surface area contributed by atoms with Gasteiger partial charge in [-0.3, -0.25) is 9.78 Å². The van der Waals surface area contributed by atoms with Gasteiger partial charge < -0.3 is 9.47 Å². The Kier molecular flexibility index (Phi) is 5.89. The first-order valence-corrected chi connectivity index (χ1v) is 9.69. The number of pyridine rings is 1. The minimum Gasteiger partial charge on any atom is -0.497 e. The molecule has 0 atom stereocenters. The molecule has 0 amide bonds. The SMILES string of the molecule is COc1ccc(OC)c(-c2nn(-c3ccccc3)cc2/C=C/C(=O)c2cccnc2)c1. The number of methoxy groups -OCH3 is 2. The van der Waals surface area contributed by atoms with Crippen LogP contribution in [0.2, 0.25) is 0 Å². The molecule has 2 aromatic heterocycles. The van der Waals surface area contributed by atoms with Crippen molar-refractivity contribution in [1.29, 1.82) is 0 Å². The second-order valence-corrected chi connectivity index (χ2v) is 6.72. The van der Waals surface area contributed by atoms with Crippen LogP contribution in [0.3, 0.4) is 0 Å². The van der Waals surface area contributed by atoms with E-state index in [1.165, 1.54) is 6.08 Å². The lowest BCUT2D eigenvalue weighted by Gasteiger charge is -2.09. The lowest BCUT2D eigenvalue weighted by molar-refractivity contribution is 0.104. The highest BCUT2D eigenvalue weighted by molar-refractivity contribution is 6.07. The molecule has 154 valence electrons. The van der Waals surface area contributed by atoms with E-state index in [2.05, 4.69) is 4.98 Å². The zero-order chi connectivity index (χ0) is 21.6. The summed E-state index contributed by atoms with van der Waals surface area (Å²) in [5.74, 6) is 1.21. The Morgan fingerprint density at radius 2 is 1.84 bits per heavy atom. The van der Waals surface area contributed by atoms with Gasteiger partial charge in [-0.05, 0) is 54.6 Å². The molecular weight excluding hydrogens is 390 g/mol. The smallest absolute Gasteiger partial charge is 0.187 e. The van der Waals surface area contributed by atoms with Crippen molar-refractivity contribution in [1.82, 2.24) is 14.8 Å². The molecule has 0 aliphatic rings. The Balaban J connectivity index is 1.81. The molecule has 0 unspecified atom stereocenters. The van der Waals surface area contributed by atoms with Gasteiger partial charge in [0.05, 0.1) is 19.9 Å². The average molecular weight is 411 g/mol. The maximum Gasteiger partial charge on any atom is 0.187 e. The van der Waals surface area contributed by atoms with E-state index in [0.717, 1.165) is 16.8 Å². The Morgan fingerprint density at radius 3 is 2.55 bits per heavy atom. The van der Waals surface area contributed by atoms with Crippen molar-refractivity contribution in [2.45, 2.75) is 0 Å². The lowest BCUT2D eigenvalue weighted by atomic mass is 10.1. The molecule has 6 nitrogen and oxygen atoms in total. The first kappa shape index (κ1) is 20.1. The van der Waals surface area contributed by atoms with Gasteiger partial charge in [-0.15, -0.1) is 0 Å². The predicted octanol–water partition coefficient (Wildman–Crippen LogP) is 4.85. The Labute approximate surface area is 180 Å². The third-order valence-corrected chi connectivity index (χ3v) is 4.79. The fraction of sp³-hybridized carbons (Fsp3) is 0.0800. The average Bonchev–Trinajstić information content (AvgIpc) is 3.27. The van der Waals surface area contributed by atoms with Crippen molar-refractivity contribution >= 4 is 11.9 Å². The molecule has 0 saturated heterocycles. The molecule has 2 aromatic carbocycles. The standard InChI is InChI=1S/C25H21N3O3/c1-30-21-11-13-24(31-2)22(15-21)25-19(10-12-23(29)18-7-6-14-26-16-18)17-28(27-25)20-8-4-3-5-9-20/h3-17H,1-2H3/b12-10+. The largest absolute Gasteiger partial charge is 0.497 e.